The molecule has 8 heteroatoms. The normalized spacial score (nSPS) is 20.0. The molecule has 1 fully saturated rings. The van der Waals surface area contributed by atoms with E-state index in [1.54, 1.807) is 38.3 Å². The van der Waals surface area contributed by atoms with Gasteiger partial charge in [0.05, 0.1) is 13.7 Å². The Morgan fingerprint density at radius 1 is 1.28 bits per heavy atom. The minimum atomic E-state index is -1.14. The van der Waals surface area contributed by atoms with Crippen molar-refractivity contribution in [3.05, 3.63) is 41.5 Å². The van der Waals surface area contributed by atoms with Crippen molar-refractivity contribution in [2.24, 2.45) is 0 Å². The predicted octanol–water partition coefficient (Wildman–Crippen LogP) is 2.00. The van der Waals surface area contributed by atoms with E-state index >= 15 is 0 Å². The summed E-state index contributed by atoms with van der Waals surface area (Å²) in [7, 11) is 1.57. The maximum Gasteiger partial charge on any atom is 0.325 e. The molecule has 3 amide bonds. The van der Waals surface area contributed by atoms with E-state index in [1.165, 1.54) is 0 Å². The van der Waals surface area contributed by atoms with Gasteiger partial charge in [-0.1, -0.05) is 24.2 Å². The highest BCUT2D eigenvalue weighted by molar-refractivity contribution is 6.07. The van der Waals surface area contributed by atoms with Crippen LogP contribution in [0.5, 0.6) is 5.75 Å². The van der Waals surface area contributed by atoms with Crippen LogP contribution in [0.4, 0.5) is 4.79 Å². The number of amides is 3. The molecule has 1 aliphatic heterocycles. The van der Waals surface area contributed by atoms with Gasteiger partial charge in [0.2, 0.25) is 5.89 Å². The number of benzene rings is 1. The van der Waals surface area contributed by atoms with Gasteiger partial charge in [0.1, 0.15) is 11.3 Å². The summed E-state index contributed by atoms with van der Waals surface area (Å²) in [5.41, 5.74) is -0.465. The topological polar surface area (TPSA) is 97.6 Å². The van der Waals surface area contributed by atoms with Crippen LogP contribution in [-0.4, -0.2) is 34.1 Å². The molecule has 0 bridgehead atoms. The van der Waals surface area contributed by atoms with E-state index in [0.717, 1.165) is 11.3 Å². The number of aromatic nitrogens is 2. The highest BCUT2D eigenvalue weighted by atomic mass is 16.5. The second-order valence-electron chi connectivity index (χ2n) is 6.03. The lowest BCUT2D eigenvalue weighted by atomic mass is 9.92. The Labute approximate surface area is 145 Å². The smallest absolute Gasteiger partial charge is 0.325 e. The number of hydrogen-bond donors (Lipinski definition) is 1. The summed E-state index contributed by atoms with van der Waals surface area (Å²) in [6.45, 7) is 3.65. The molecule has 1 aliphatic rings. The number of nitrogens with one attached hydrogen (secondary N) is 1. The third kappa shape index (κ3) is 3.07. The van der Waals surface area contributed by atoms with Crippen LogP contribution in [0.3, 0.4) is 0 Å². The van der Waals surface area contributed by atoms with Crippen molar-refractivity contribution in [2.45, 2.75) is 38.8 Å². The average molecular weight is 344 g/mol. The summed E-state index contributed by atoms with van der Waals surface area (Å²) in [6, 6.07) is 6.53. The Morgan fingerprint density at radius 3 is 2.64 bits per heavy atom. The molecule has 1 atom stereocenters. The molecule has 0 unspecified atom stereocenters. The number of ether oxygens (including phenoxy) is 1. The Hall–Kier alpha value is -2.90. The second kappa shape index (κ2) is 6.54. The van der Waals surface area contributed by atoms with Gasteiger partial charge < -0.3 is 14.6 Å². The number of nitrogens with zero attached hydrogens (tertiary/aromatic N) is 3. The van der Waals surface area contributed by atoms with Gasteiger partial charge in [0.25, 0.3) is 5.91 Å². The Morgan fingerprint density at radius 2 is 2.00 bits per heavy atom. The van der Waals surface area contributed by atoms with Gasteiger partial charge in [-0.2, -0.15) is 4.98 Å². The summed E-state index contributed by atoms with van der Waals surface area (Å²) in [5.74, 6) is 1.13. The zero-order valence-electron chi connectivity index (χ0n) is 14.4. The summed E-state index contributed by atoms with van der Waals surface area (Å²) in [4.78, 5) is 30.5. The monoisotopic (exact) mass is 344 g/mol. The number of aryl methyl sites for hydroxylation is 1. The van der Waals surface area contributed by atoms with Crippen LogP contribution >= 0.6 is 0 Å². The molecule has 1 saturated heterocycles. The van der Waals surface area contributed by atoms with E-state index in [1.807, 2.05) is 6.92 Å². The van der Waals surface area contributed by atoms with Gasteiger partial charge in [0, 0.05) is 6.42 Å². The molecule has 0 spiro atoms. The van der Waals surface area contributed by atoms with Gasteiger partial charge in [-0.15, -0.1) is 0 Å². The lowest BCUT2D eigenvalue weighted by molar-refractivity contribution is -0.131. The van der Waals surface area contributed by atoms with Crippen LogP contribution in [0.2, 0.25) is 0 Å². The fourth-order valence-corrected chi connectivity index (χ4v) is 2.77. The molecule has 132 valence electrons. The number of methoxy groups -OCH3 is 1. The molecular weight excluding hydrogens is 324 g/mol. The van der Waals surface area contributed by atoms with Crippen molar-refractivity contribution < 1.29 is 18.8 Å². The number of urea groups is 1. The number of carbonyl (C=O) groups excluding carboxylic acids is 2. The molecule has 0 radical (unpaired) electrons. The van der Waals surface area contributed by atoms with Crippen LogP contribution in [0.1, 0.15) is 37.5 Å². The van der Waals surface area contributed by atoms with E-state index in [2.05, 4.69) is 15.5 Å². The Bertz CT molecular complexity index is 786. The van der Waals surface area contributed by atoms with E-state index in [4.69, 9.17) is 9.26 Å². The van der Waals surface area contributed by atoms with Gasteiger partial charge in [0.15, 0.2) is 5.82 Å². The SMILES string of the molecule is CCCc1nc(CN2C(=O)N[C@@](C)(c3ccc(OC)cc3)C2=O)no1. The average Bonchev–Trinajstić information content (AvgIpc) is 3.14. The number of rotatable bonds is 6. The van der Waals surface area contributed by atoms with E-state index < -0.39 is 11.6 Å². The predicted molar refractivity (Wildman–Crippen MR) is 87.7 cm³/mol. The van der Waals surface area contributed by atoms with Crippen LogP contribution in [0.15, 0.2) is 28.8 Å². The lowest BCUT2D eigenvalue weighted by Crippen LogP contribution is -2.40. The highest BCUT2D eigenvalue weighted by Crippen LogP contribution is 2.30. The number of carbonyl (C=O) groups is 2. The molecule has 1 N–H and O–H groups in total. The first kappa shape index (κ1) is 16.9. The highest BCUT2D eigenvalue weighted by Gasteiger charge is 2.49. The summed E-state index contributed by atoms with van der Waals surface area (Å²) in [6.07, 6.45) is 1.54. The molecule has 0 saturated carbocycles. The zero-order valence-corrected chi connectivity index (χ0v) is 14.4. The van der Waals surface area contributed by atoms with E-state index in [-0.39, 0.29) is 12.5 Å². The largest absolute Gasteiger partial charge is 0.497 e. The third-order valence-electron chi connectivity index (χ3n) is 4.22. The summed E-state index contributed by atoms with van der Waals surface area (Å²) >= 11 is 0. The molecule has 3 rings (SSSR count). The molecule has 8 nitrogen and oxygen atoms in total. The Kier molecular flexibility index (Phi) is 4.43. The molecule has 2 aromatic rings. The van der Waals surface area contributed by atoms with Crippen LogP contribution in [-0.2, 0) is 23.3 Å². The lowest BCUT2D eigenvalue weighted by Gasteiger charge is -2.22. The molecule has 0 aliphatic carbocycles. The molecule has 1 aromatic carbocycles. The molecule has 25 heavy (non-hydrogen) atoms. The quantitative estimate of drug-likeness (QED) is 0.805. The molecular formula is C17H20N4O4. The van der Waals surface area contributed by atoms with Crippen LogP contribution in [0, 0.1) is 0 Å². The number of imide groups is 1. The fourth-order valence-electron chi connectivity index (χ4n) is 2.77. The third-order valence-corrected chi connectivity index (χ3v) is 4.22. The van der Waals surface area contributed by atoms with Crippen molar-refractivity contribution in [1.82, 2.24) is 20.4 Å². The van der Waals surface area contributed by atoms with Crippen molar-refractivity contribution in [1.29, 1.82) is 0 Å². The first-order valence-electron chi connectivity index (χ1n) is 8.08. The van der Waals surface area contributed by atoms with Crippen LogP contribution in [0.25, 0.3) is 0 Å². The van der Waals surface area contributed by atoms with E-state index in [9.17, 15) is 9.59 Å². The first-order chi connectivity index (χ1) is 12.0. The fraction of sp³-hybridized carbons (Fsp3) is 0.412. The minimum absolute atomic E-state index is 0.0242. The Balaban J connectivity index is 1.80. The molecule has 1 aromatic heterocycles. The van der Waals surface area contributed by atoms with Crippen molar-refractivity contribution in [2.75, 3.05) is 7.11 Å². The van der Waals surface area contributed by atoms with Crippen molar-refractivity contribution >= 4 is 11.9 Å². The van der Waals surface area contributed by atoms with Crippen molar-refractivity contribution in [3.63, 3.8) is 0 Å². The molecule has 2 heterocycles. The maximum absolute atomic E-state index is 12.9. The second-order valence-corrected chi connectivity index (χ2v) is 6.03. The van der Waals surface area contributed by atoms with Gasteiger partial charge in [-0.05, 0) is 31.0 Å². The van der Waals surface area contributed by atoms with Gasteiger partial charge in [-0.3, -0.25) is 9.69 Å². The van der Waals surface area contributed by atoms with E-state index in [0.29, 0.717) is 29.4 Å². The van der Waals surface area contributed by atoms with Gasteiger partial charge in [-0.25, -0.2) is 4.79 Å². The van der Waals surface area contributed by atoms with Crippen LogP contribution < -0.4 is 10.1 Å². The zero-order chi connectivity index (χ0) is 18.0. The summed E-state index contributed by atoms with van der Waals surface area (Å²) in [5, 5.41) is 6.58. The first-order valence-corrected chi connectivity index (χ1v) is 8.08. The number of hydrogen-bond acceptors (Lipinski definition) is 6. The minimum Gasteiger partial charge on any atom is -0.497 e. The maximum atomic E-state index is 12.9. The van der Waals surface area contributed by atoms with Crippen molar-refractivity contribution in [3.8, 4) is 5.75 Å². The van der Waals surface area contributed by atoms with Gasteiger partial charge >= 0.3 is 6.03 Å². The summed E-state index contributed by atoms with van der Waals surface area (Å²) < 4.78 is 10.2. The standard InChI is InChI=1S/C17H20N4O4/c1-4-5-14-18-13(20-25-14)10-21-15(22)17(2,19-16(21)23)11-6-8-12(24-3)9-7-11/h6-9H,4-5,10H2,1-3H3,(H,19,23)/t17-/m0/s1.